The van der Waals surface area contributed by atoms with Crippen molar-refractivity contribution in [3.05, 3.63) is 122 Å². The lowest BCUT2D eigenvalue weighted by Crippen LogP contribution is -2.30. The highest BCUT2D eigenvalue weighted by atomic mass is 16.6. The SMILES string of the molecule is CC/C=C\C/C=C\C/C=C\C/C=C\C/C=C\C/C=C\CCCCCCCCCCC(=O)OCC(COC(=O)CCCCCCCCCCC)OC(=O)CCCC/C=C\C/C=C\C/C=C\C/C=C\CC. The van der Waals surface area contributed by atoms with Crippen LogP contribution in [0.25, 0.3) is 0 Å². The Labute approximate surface area is 424 Å². The van der Waals surface area contributed by atoms with Gasteiger partial charge in [0.05, 0.1) is 0 Å². The predicted molar refractivity (Wildman–Crippen MR) is 297 cm³/mol. The minimum absolute atomic E-state index is 0.0986. The lowest BCUT2D eigenvalue weighted by atomic mass is 10.1. The van der Waals surface area contributed by atoms with Gasteiger partial charge < -0.3 is 14.2 Å². The van der Waals surface area contributed by atoms with E-state index in [4.69, 9.17) is 14.2 Å². The van der Waals surface area contributed by atoms with E-state index in [2.05, 4.69) is 142 Å². The van der Waals surface area contributed by atoms with Crippen LogP contribution in [0, 0.1) is 0 Å². The van der Waals surface area contributed by atoms with Gasteiger partial charge in [0, 0.05) is 19.3 Å². The van der Waals surface area contributed by atoms with E-state index in [1.54, 1.807) is 0 Å². The molecule has 0 aliphatic rings. The molecule has 0 rings (SSSR count). The number of esters is 3. The Morgan fingerprint density at radius 1 is 0.304 bits per heavy atom. The Kier molecular flexibility index (Phi) is 53.0. The molecule has 0 aliphatic carbocycles. The summed E-state index contributed by atoms with van der Waals surface area (Å²) in [6.45, 7) is 6.34. The van der Waals surface area contributed by atoms with Crippen LogP contribution in [-0.2, 0) is 28.6 Å². The number of allylic oxidation sites excluding steroid dienone is 20. The second-order valence-corrected chi connectivity index (χ2v) is 18.1. The number of hydrogen-bond acceptors (Lipinski definition) is 6. The molecule has 0 spiro atoms. The topological polar surface area (TPSA) is 78.9 Å². The van der Waals surface area contributed by atoms with E-state index in [0.717, 1.165) is 122 Å². The van der Waals surface area contributed by atoms with Crippen LogP contribution in [0.4, 0.5) is 0 Å². The molecule has 0 radical (unpaired) electrons. The van der Waals surface area contributed by atoms with Gasteiger partial charge in [-0.2, -0.15) is 0 Å². The second kappa shape index (κ2) is 56.4. The molecule has 0 heterocycles. The van der Waals surface area contributed by atoms with E-state index in [1.807, 2.05) is 0 Å². The van der Waals surface area contributed by atoms with Crippen molar-refractivity contribution in [3.8, 4) is 0 Å². The molecular weight excluding hydrogens is 853 g/mol. The Hall–Kier alpha value is -4.19. The number of unbranched alkanes of at least 4 members (excludes halogenated alkanes) is 18. The lowest BCUT2D eigenvalue weighted by Gasteiger charge is -2.18. The molecule has 6 nitrogen and oxygen atoms in total. The first-order valence-corrected chi connectivity index (χ1v) is 28.0. The highest BCUT2D eigenvalue weighted by molar-refractivity contribution is 5.71. The summed E-state index contributed by atoms with van der Waals surface area (Å²) in [5.74, 6) is -0.956. The summed E-state index contributed by atoms with van der Waals surface area (Å²) in [4.78, 5) is 38.0. The minimum atomic E-state index is -0.803. The van der Waals surface area contributed by atoms with Crippen LogP contribution in [0.3, 0.4) is 0 Å². The molecule has 390 valence electrons. The third-order valence-electron chi connectivity index (χ3n) is 11.5. The smallest absolute Gasteiger partial charge is 0.306 e. The van der Waals surface area contributed by atoms with Crippen LogP contribution < -0.4 is 0 Å². The van der Waals surface area contributed by atoms with E-state index < -0.39 is 6.10 Å². The maximum atomic E-state index is 12.8. The van der Waals surface area contributed by atoms with Gasteiger partial charge in [0.1, 0.15) is 13.2 Å². The van der Waals surface area contributed by atoms with Gasteiger partial charge in [-0.3, -0.25) is 14.4 Å². The molecule has 1 unspecified atom stereocenters. The largest absolute Gasteiger partial charge is 0.462 e. The Bertz CT molecular complexity index is 1470. The molecule has 0 fully saturated rings. The summed E-state index contributed by atoms with van der Waals surface area (Å²) in [7, 11) is 0. The van der Waals surface area contributed by atoms with Crippen molar-refractivity contribution in [3.63, 3.8) is 0 Å². The molecule has 0 aromatic heterocycles. The van der Waals surface area contributed by atoms with Crippen LogP contribution >= 0.6 is 0 Å². The zero-order valence-corrected chi connectivity index (χ0v) is 44.5. The van der Waals surface area contributed by atoms with Gasteiger partial charge in [0.15, 0.2) is 6.10 Å². The number of carbonyl (C=O) groups excluding carboxylic acids is 3. The molecule has 0 aliphatic heterocycles. The fourth-order valence-electron chi connectivity index (χ4n) is 7.32. The van der Waals surface area contributed by atoms with Crippen molar-refractivity contribution >= 4 is 17.9 Å². The maximum absolute atomic E-state index is 12.8. The van der Waals surface area contributed by atoms with Gasteiger partial charge >= 0.3 is 17.9 Å². The van der Waals surface area contributed by atoms with Crippen LogP contribution in [0.1, 0.15) is 239 Å². The van der Waals surface area contributed by atoms with Crippen molar-refractivity contribution in [1.82, 2.24) is 0 Å². The molecule has 0 saturated carbocycles. The van der Waals surface area contributed by atoms with Gasteiger partial charge in [-0.05, 0) is 109 Å². The zero-order valence-electron chi connectivity index (χ0n) is 44.5. The average Bonchev–Trinajstić information content (AvgIpc) is 3.35. The number of hydrogen-bond donors (Lipinski definition) is 0. The van der Waals surface area contributed by atoms with Crippen molar-refractivity contribution in [1.29, 1.82) is 0 Å². The van der Waals surface area contributed by atoms with Crippen molar-refractivity contribution in [2.45, 2.75) is 245 Å². The molecule has 0 bridgehead atoms. The van der Waals surface area contributed by atoms with Gasteiger partial charge in [0.2, 0.25) is 0 Å². The fourth-order valence-corrected chi connectivity index (χ4v) is 7.32. The monoisotopic (exact) mass is 955 g/mol. The van der Waals surface area contributed by atoms with Crippen LogP contribution in [0.2, 0.25) is 0 Å². The third kappa shape index (κ3) is 54.6. The first-order chi connectivity index (χ1) is 34.0. The van der Waals surface area contributed by atoms with Crippen molar-refractivity contribution in [2.75, 3.05) is 13.2 Å². The quantitative estimate of drug-likeness (QED) is 0.0262. The van der Waals surface area contributed by atoms with E-state index in [9.17, 15) is 14.4 Å². The molecule has 0 N–H and O–H groups in total. The van der Waals surface area contributed by atoms with Gasteiger partial charge in [-0.15, -0.1) is 0 Å². The molecule has 69 heavy (non-hydrogen) atoms. The van der Waals surface area contributed by atoms with E-state index in [-0.39, 0.29) is 37.5 Å². The first-order valence-electron chi connectivity index (χ1n) is 28.0. The summed E-state index contributed by atoms with van der Waals surface area (Å²) in [5, 5.41) is 0. The van der Waals surface area contributed by atoms with Gasteiger partial charge in [-0.25, -0.2) is 0 Å². The molecular formula is C63H102O6. The molecule has 0 aromatic rings. The molecule has 0 amide bonds. The Balaban J connectivity index is 4.31. The Morgan fingerprint density at radius 2 is 0.565 bits per heavy atom. The van der Waals surface area contributed by atoms with Crippen LogP contribution in [0.5, 0.6) is 0 Å². The highest BCUT2D eigenvalue weighted by Crippen LogP contribution is 2.14. The van der Waals surface area contributed by atoms with E-state index in [0.29, 0.717) is 19.3 Å². The maximum Gasteiger partial charge on any atom is 0.306 e. The summed E-state index contributed by atoms with van der Waals surface area (Å²) >= 11 is 0. The lowest BCUT2D eigenvalue weighted by molar-refractivity contribution is -0.167. The van der Waals surface area contributed by atoms with Crippen LogP contribution in [0.15, 0.2) is 122 Å². The fraction of sp³-hybridized carbons (Fsp3) is 0.635. The van der Waals surface area contributed by atoms with Crippen LogP contribution in [-0.4, -0.2) is 37.2 Å². The normalized spacial score (nSPS) is 13.0. The summed E-state index contributed by atoms with van der Waals surface area (Å²) < 4.78 is 16.8. The standard InChI is InChI=1S/C63H102O6/c1-4-7-10-13-16-19-21-23-25-26-27-28-29-30-31-32-33-34-35-36-38-39-41-44-47-50-53-56-62(65)68-59-60(58-67-61(64)55-52-49-46-43-18-15-12-9-6-3)69-63(66)57-54-51-48-45-42-40-37-24-22-20-17-14-11-8-5-2/h7-8,10-11,16-17,19-20,23-25,27-28,30-31,33-34,37,42,45,60H,4-6,9,12-15,18,21-22,26,29,32,35-36,38-41,43-44,46-59H2,1-3H3/b10-7-,11-8-,19-16-,20-17-,25-23-,28-27-,31-30-,34-33-,37-24-,45-42-. The molecule has 1 atom stereocenters. The minimum Gasteiger partial charge on any atom is -0.462 e. The highest BCUT2D eigenvalue weighted by Gasteiger charge is 2.19. The predicted octanol–water partition coefficient (Wildman–Crippen LogP) is 18.9. The van der Waals surface area contributed by atoms with Gasteiger partial charge in [-0.1, -0.05) is 232 Å². The van der Waals surface area contributed by atoms with Crippen molar-refractivity contribution < 1.29 is 28.6 Å². The van der Waals surface area contributed by atoms with E-state index in [1.165, 1.54) is 70.6 Å². The molecule has 0 aromatic carbocycles. The average molecular weight is 956 g/mol. The summed E-state index contributed by atoms with van der Waals surface area (Å²) in [6, 6.07) is 0. The number of carbonyl (C=O) groups is 3. The van der Waals surface area contributed by atoms with Gasteiger partial charge in [0.25, 0.3) is 0 Å². The Morgan fingerprint density at radius 3 is 0.913 bits per heavy atom. The van der Waals surface area contributed by atoms with Crippen molar-refractivity contribution in [2.24, 2.45) is 0 Å². The molecule has 0 saturated heterocycles. The van der Waals surface area contributed by atoms with E-state index >= 15 is 0 Å². The number of rotatable bonds is 49. The number of ether oxygens (including phenoxy) is 3. The summed E-state index contributed by atoms with van der Waals surface area (Å²) in [5.41, 5.74) is 0. The summed E-state index contributed by atoms with van der Waals surface area (Å²) in [6.07, 6.45) is 77.7. The zero-order chi connectivity index (χ0) is 50.0. The second-order valence-electron chi connectivity index (χ2n) is 18.1. The third-order valence-corrected chi connectivity index (χ3v) is 11.5. The first kappa shape index (κ1) is 64.8. The molecule has 6 heteroatoms.